The molecule has 1 atom stereocenters. The standard InChI is InChI=1S/C16H18BrFN2/c1-11(19)14-8-7-13(9-15(14)17)20(2)10-12-5-3-4-6-16(12)18/h3-9,11H,10,19H2,1-2H3. The Morgan fingerprint density at radius 1 is 1.25 bits per heavy atom. The lowest BCUT2D eigenvalue weighted by atomic mass is 10.1. The Kier molecular flexibility index (Phi) is 4.78. The van der Waals surface area contributed by atoms with Gasteiger partial charge in [0.1, 0.15) is 5.82 Å². The first-order valence-electron chi connectivity index (χ1n) is 6.48. The van der Waals surface area contributed by atoms with E-state index in [9.17, 15) is 4.39 Å². The van der Waals surface area contributed by atoms with Crippen molar-refractivity contribution in [2.24, 2.45) is 5.73 Å². The van der Waals surface area contributed by atoms with Gasteiger partial charge < -0.3 is 10.6 Å². The molecule has 0 heterocycles. The van der Waals surface area contributed by atoms with Crippen LogP contribution in [-0.4, -0.2) is 7.05 Å². The summed E-state index contributed by atoms with van der Waals surface area (Å²) in [6.07, 6.45) is 0. The normalized spacial score (nSPS) is 12.2. The van der Waals surface area contributed by atoms with Crippen LogP contribution in [0.25, 0.3) is 0 Å². The summed E-state index contributed by atoms with van der Waals surface area (Å²) in [6, 6.07) is 12.8. The smallest absolute Gasteiger partial charge is 0.128 e. The summed E-state index contributed by atoms with van der Waals surface area (Å²) in [5.41, 5.74) is 8.65. The number of hydrogen-bond acceptors (Lipinski definition) is 2. The predicted molar refractivity (Wildman–Crippen MR) is 85.3 cm³/mol. The van der Waals surface area contributed by atoms with Crippen molar-refractivity contribution in [3.05, 3.63) is 63.9 Å². The second-order valence-corrected chi connectivity index (χ2v) is 5.80. The number of rotatable bonds is 4. The van der Waals surface area contributed by atoms with E-state index in [1.165, 1.54) is 6.07 Å². The molecule has 0 aliphatic rings. The molecule has 4 heteroatoms. The zero-order valence-corrected chi connectivity index (χ0v) is 13.2. The van der Waals surface area contributed by atoms with E-state index in [2.05, 4.69) is 15.9 Å². The fourth-order valence-corrected chi connectivity index (χ4v) is 2.82. The summed E-state index contributed by atoms with van der Waals surface area (Å²) in [7, 11) is 1.94. The third-order valence-electron chi connectivity index (χ3n) is 3.28. The number of benzene rings is 2. The molecule has 1 unspecified atom stereocenters. The molecule has 0 bridgehead atoms. The van der Waals surface area contributed by atoms with Gasteiger partial charge in [-0.15, -0.1) is 0 Å². The lowest BCUT2D eigenvalue weighted by molar-refractivity contribution is 0.608. The maximum atomic E-state index is 13.7. The lowest BCUT2D eigenvalue weighted by Crippen LogP contribution is -2.17. The quantitative estimate of drug-likeness (QED) is 0.904. The van der Waals surface area contributed by atoms with Crippen LogP contribution in [0.15, 0.2) is 46.9 Å². The molecule has 0 aliphatic heterocycles. The summed E-state index contributed by atoms with van der Waals surface area (Å²) < 4.78 is 14.6. The first-order valence-corrected chi connectivity index (χ1v) is 7.28. The van der Waals surface area contributed by atoms with Crippen LogP contribution in [0.3, 0.4) is 0 Å². The van der Waals surface area contributed by atoms with Crippen molar-refractivity contribution in [2.45, 2.75) is 19.5 Å². The van der Waals surface area contributed by atoms with Crippen LogP contribution in [0.2, 0.25) is 0 Å². The molecule has 2 N–H and O–H groups in total. The average Bonchev–Trinajstić information content (AvgIpc) is 2.40. The van der Waals surface area contributed by atoms with Gasteiger partial charge in [0.05, 0.1) is 0 Å². The van der Waals surface area contributed by atoms with Gasteiger partial charge in [0.15, 0.2) is 0 Å². The maximum absolute atomic E-state index is 13.7. The van der Waals surface area contributed by atoms with Gasteiger partial charge in [-0.1, -0.05) is 40.2 Å². The molecule has 2 rings (SSSR count). The second kappa shape index (κ2) is 6.37. The van der Waals surface area contributed by atoms with Crippen LogP contribution >= 0.6 is 15.9 Å². The van der Waals surface area contributed by atoms with Crippen LogP contribution in [0, 0.1) is 5.82 Å². The molecule has 0 aliphatic carbocycles. The van der Waals surface area contributed by atoms with E-state index in [-0.39, 0.29) is 11.9 Å². The Morgan fingerprint density at radius 2 is 1.95 bits per heavy atom. The summed E-state index contributed by atoms with van der Waals surface area (Å²) in [5.74, 6) is -0.175. The topological polar surface area (TPSA) is 29.3 Å². The Morgan fingerprint density at radius 3 is 2.55 bits per heavy atom. The van der Waals surface area contributed by atoms with E-state index < -0.39 is 0 Å². The molecule has 0 amide bonds. The SMILES string of the molecule is CC(N)c1ccc(N(C)Cc2ccccc2F)cc1Br. The van der Waals surface area contributed by atoms with Crippen molar-refractivity contribution < 1.29 is 4.39 Å². The minimum absolute atomic E-state index is 0.0182. The molecule has 0 fully saturated rings. The van der Waals surface area contributed by atoms with Crippen molar-refractivity contribution in [1.29, 1.82) is 0 Å². The first kappa shape index (κ1) is 15.0. The third-order valence-corrected chi connectivity index (χ3v) is 3.97. The van der Waals surface area contributed by atoms with Crippen LogP contribution in [0.5, 0.6) is 0 Å². The van der Waals surface area contributed by atoms with Gasteiger partial charge in [-0.3, -0.25) is 0 Å². The van der Waals surface area contributed by atoms with E-state index in [1.807, 2.05) is 43.1 Å². The molecular formula is C16H18BrFN2. The highest BCUT2D eigenvalue weighted by molar-refractivity contribution is 9.10. The molecule has 2 aromatic rings. The number of nitrogens with zero attached hydrogens (tertiary/aromatic N) is 1. The Labute approximate surface area is 127 Å². The summed E-state index contributed by atoms with van der Waals surface area (Å²) in [6.45, 7) is 2.47. The van der Waals surface area contributed by atoms with Crippen molar-refractivity contribution >= 4 is 21.6 Å². The Hall–Kier alpha value is -1.39. The van der Waals surface area contributed by atoms with Crippen LogP contribution in [0.1, 0.15) is 24.1 Å². The van der Waals surface area contributed by atoms with Crippen molar-refractivity contribution in [3.63, 3.8) is 0 Å². The molecule has 0 radical (unpaired) electrons. The fraction of sp³-hybridized carbons (Fsp3) is 0.250. The lowest BCUT2D eigenvalue weighted by Gasteiger charge is -2.21. The second-order valence-electron chi connectivity index (χ2n) is 4.94. The molecule has 106 valence electrons. The van der Waals surface area contributed by atoms with Gasteiger partial charge in [-0.2, -0.15) is 0 Å². The molecule has 2 aromatic carbocycles. The van der Waals surface area contributed by atoms with Crippen molar-refractivity contribution in [2.75, 3.05) is 11.9 Å². The van der Waals surface area contributed by atoms with Crippen molar-refractivity contribution in [3.8, 4) is 0 Å². The fourth-order valence-electron chi connectivity index (χ4n) is 2.10. The van der Waals surface area contributed by atoms with Gasteiger partial charge in [0, 0.05) is 35.4 Å². The van der Waals surface area contributed by atoms with E-state index in [4.69, 9.17) is 5.73 Å². The maximum Gasteiger partial charge on any atom is 0.128 e. The summed E-state index contributed by atoms with van der Waals surface area (Å²) in [4.78, 5) is 2.01. The van der Waals surface area contributed by atoms with Gasteiger partial charge in [-0.25, -0.2) is 4.39 Å². The summed E-state index contributed by atoms with van der Waals surface area (Å²) in [5, 5.41) is 0. The zero-order valence-electron chi connectivity index (χ0n) is 11.6. The largest absolute Gasteiger partial charge is 0.370 e. The van der Waals surface area contributed by atoms with Crippen LogP contribution in [0.4, 0.5) is 10.1 Å². The summed E-state index contributed by atoms with van der Waals surface area (Å²) >= 11 is 3.54. The number of nitrogens with two attached hydrogens (primary N) is 1. The minimum Gasteiger partial charge on any atom is -0.370 e. The highest BCUT2D eigenvalue weighted by atomic mass is 79.9. The Balaban J connectivity index is 2.20. The van der Waals surface area contributed by atoms with E-state index in [0.29, 0.717) is 12.1 Å². The average molecular weight is 337 g/mol. The molecule has 0 aromatic heterocycles. The molecule has 0 saturated carbocycles. The van der Waals surface area contributed by atoms with E-state index in [1.54, 1.807) is 12.1 Å². The molecular weight excluding hydrogens is 319 g/mol. The van der Waals surface area contributed by atoms with Gasteiger partial charge in [0.25, 0.3) is 0 Å². The first-order chi connectivity index (χ1) is 9.49. The number of anilines is 1. The van der Waals surface area contributed by atoms with E-state index in [0.717, 1.165) is 15.7 Å². The van der Waals surface area contributed by atoms with Gasteiger partial charge in [0.2, 0.25) is 0 Å². The van der Waals surface area contributed by atoms with Gasteiger partial charge in [-0.05, 0) is 30.7 Å². The molecule has 20 heavy (non-hydrogen) atoms. The molecule has 0 saturated heterocycles. The Bertz CT molecular complexity index is 599. The van der Waals surface area contributed by atoms with Gasteiger partial charge >= 0.3 is 0 Å². The third kappa shape index (κ3) is 3.38. The zero-order chi connectivity index (χ0) is 14.7. The highest BCUT2D eigenvalue weighted by Gasteiger charge is 2.10. The van der Waals surface area contributed by atoms with Crippen molar-refractivity contribution in [1.82, 2.24) is 0 Å². The monoisotopic (exact) mass is 336 g/mol. The molecule has 0 spiro atoms. The van der Waals surface area contributed by atoms with E-state index >= 15 is 0 Å². The molecule has 2 nitrogen and oxygen atoms in total. The number of hydrogen-bond donors (Lipinski definition) is 1. The number of halogens is 2. The minimum atomic E-state index is -0.175. The van der Waals surface area contributed by atoms with Crippen LogP contribution < -0.4 is 10.6 Å². The predicted octanol–water partition coefficient (Wildman–Crippen LogP) is 4.24. The highest BCUT2D eigenvalue weighted by Crippen LogP contribution is 2.27. The van der Waals surface area contributed by atoms with Crippen LogP contribution in [-0.2, 0) is 6.54 Å².